The average Bonchev–Trinajstić information content (AvgIpc) is 2.57. The van der Waals surface area contributed by atoms with Crippen molar-refractivity contribution < 1.29 is 19.1 Å². The molecule has 2 aromatic rings. The monoisotopic (exact) mass is 401 g/mol. The predicted molar refractivity (Wildman–Crippen MR) is 97.7 cm³/mol. The van der Waals surface area contributed by atoms with E-state index in [1.54, 1.807) is 12.1 Å². The second kappa shape index (κ2) is 8.94. The van der Waals surface area contributed by atoms with Crippen LogP contribution in [0.2, 0.25) is 15.1 Å². The van der Waals surface area contributed by atoms with Crippen LogP contribution in [0.1, 0.15) is 5.56 Å². The van der Waals surface area contributed by atoms with Crippen molar-refractivity contribution in [1.29, 1.82) is 0 Å². The number of hydrogen-bond acceptors (Lipinski definition) is 4. The van der Waals surface area contributed by atoms with E-state index in [-0.39, 0.29) is 20.8 Å². The van der Waals surface area contributed by atoms with Gasteiger partial charge in [-0.2, -0.15) is 0 Å². The van der Waals surface area contributed by atoms with Crippen LogP contribution in [0.5, 0.6) is 5.75 Å². The van der Waals surface area contributed by atoms with Crippen LogP contribution < -0.4 is 10.1 Å². The third-order valence-electron chi connectivity index (χ3n) is 3.10. The summed E-state index contributed by atoms with van der Waals surface area (Å²) in [5, 5.41) is 3.38. The Hall–Kier alpha value is -1.95. The van der Waals surface area contributed by atoms with Crippen LogP contribution in [0.3, 0.4) is 0 Å². The maximum atomic E-state index is 11.8. The molecule has 25 heavy (non-hydrogen) atoms. The van der Waals surface area contributed by atoms with Gasteiger partial charge in [-0.05, 0) is 24.6 Å². The Kier molecular flexibility index (Phi) is 6.93. The van der Waals surface area contributed by atoms with Crippen molar-refractivity contribution in [2.24, 2.45) is 0 Å². The third-order valence-corrected chi connectivity index (χ3v) is 4.12. The normalized spacial score (nSPS) is 10.2. The highest BCUT2D eigenvalue weighted by atomic mass is 35.5. The lowest BCUT2D eigenvalue weighted by atomic mass is 10.2. The van der Waals surface area contributed by atoms with Gasteiger partial charge in [0.15, 0.2) is 13.2 Å². The Labute approximate surface area is 159 Å². The van der Waals surface area contributed by atoms with Crippen molar-refractivity contribution in [2.75, 3.05) is 18.5 Å². The number of benzene rings is 2. The first-order valence-corrected chi connectivity index (χ1v) is 8.28. The lowest BCUT2D eigenvalue weighted by Crippen LogP contribution is -2.24. The summed E-state index contributed by atoms with van der Waals surface area (Å²) in [7, 11) is 0. The van der Waals surface area contributed by atoms with Crippen LogP contribution in [0.15, 0.2) is 36.4 Å². The van der Waals surface area contributed by atoms with Gasteiger partial charge in [0.2, 0.25) is 0 Å². The average molecular weight is 403 g/mol. The second-order valence-corrected chi connectivity index (χ2v) is 6.23. The molecular formula is C17H14Cl3NO4. The molecule has 0 aromatic heterocycles. The summed E-state index contributed by atoms with van der Waals surface area (Å²) < 4.78 is 10.1. The molecule has 0 saturated heterocycles. The molecule has 0 atom stereocenters. The zero-order chi connectivity index (χ0) is 18.4. The molecule has 0 aliphatic carbocycles. The van der Waals surface area contributed by atoms with Gasteiger partial charge in [-0.3, -0.25) is 4.79 Å². The Bertz CT molecular complexity index is 795. The smallest absolute Gasteiger partial charge is 0.344 e. The van der Waals surface area contributed by atoms with E-state index in [9.17, 15) is 9.59 Å². The van der Waals surface area contributed by atoms with Crippen molar-refractivity contribution >= 4 is 52.4 Å². The van der Waals surface area contributed by atoms with Crippen molar-refractivity contribution in [3.63, 3.8) is 0 Å². The molecule has 0 bridgehead atoms. The van der Waals surface area contributed by atoms with Crippen LogP contribution in [-0.4, -0.2) is 25.1 Å². The molecule has 0 aliphatic rings. The molecule has 8 heteroatoms. The molecule has 1 amide bonds. The van der Waals surface area contributed by atoms with Crippen LogP contribution in [0, 0.1) is 6.92 Å². The molecule has 132 valence electrons. The molecule has 5 nitrogen and oxygen atoms in total. The first kappa shape index (κ1) is 19.4. The van der Waals surface area contributed by atoms with Crippen LogP contribution in [0.4, 0.5) is 5.69 Å². The van der Waals surface area contributed by atoms with E-state index < -0.39 is 25.1 Å². The largest absolute Gasteiger partial charge is 0.480 e. The number of amides is 1. The minimum atomic E-state index is -0.720. The summed E-state index contributed by atoms with van der Waals surface area (Å²) in [5.41, 5.74) is 1.56. The van der Waals surface area contributed by atoms with E-state index in [2.05, 4.69) is 5.32 Å². The third kappa shape index (κ3) is 5.81. The van der Waals surface area contributed by atoms with Crippen LogP contribution >= 0.6 is 34.8 Å². The molecule has 0 fully saturated rings. The Morgan fingerprint density at radius 1 is 1.00 bits per heavy atom. The number of ether oxygens (including phenoxy) is 2. The zero-order valence-electron chi connectivity index (χ0n) is 13.1. The van der Waals surface area contributed by atoms with Gasteiger partial charge >= 0.3 is 5.97 Å². The number of hydrogen-bond donors (Lipinski definition) is 1. The molecule has 0 unspecified atom stereocenters. The minimum Gasteiger partial charge on any atom is -0.480 e. The Morgan fingerprint density at radius 2 is 1.68 bits per heavy atom. The van der Waals surface area contributed by atoms with E-state index in [1.807, 2.05) is 19.1 Å². The number of carbonyl (C=O) groups is 2. The summed E-state index contributed by atoms with van der Waals surface area (Å²) in [6.07, 6.45) is 0. The second-order valence-electron chi connectivity index (χ2n) is 5.01. The maximum Gasteiger partial charge on any atom is 0.344 e. The SMILES string of the molecule is Cc1ccccc1NC(=O)COC(=O)COc1cc(Cl)c(Cl)cc1Cl. The number of halogens is 3. The van der Waals surface area contributed by atoms with Gasteiger partial charge in [-0.15, -0.1) is 0 Å². The summed E-state index contributed by atoms with van der Waals surface area (Å²) in [6, 6.07) is 10.1. The van der Waals surface area contributed by atoms with E-state index >= 15 is 0 Å². The van der Waals surface area contributed by atoms with Crippen LogP contribution in [0.25, 0.3) is 0 Å². The summed E-state index contributed by atoms with van der Waals surface area (Å²) in [6.45, 7) is 1.01. The summed E-state index contributed by atoms with van der Waals surface area (Å²) in [4.78, 5) is 23.5. The fraction of sp³-hybridized carbons (Fsp3) is 0.176. The first-order chi connectivity index (χ1) is 11.9. The van der Waals surface area contributed by atoms with Gasteiger partial charge in [0, 0.05) is 11.8 Å². The number of rotatable bonds is 6. The molecule has 0 spiro atoms. The number of para-hydroxylation sites is 1. The first-order valence-electron chi connectivity index (χ1n) is 7.15. The highest BCUT2D eigenvalue weighted by Gasteiger charge is 2.12. The number of esters is 1. The maximum absolute atomic E-state index is 11.8. The summed E-state index contributed by atoms with van der Waals surface area (Å²) >= 11 is 17.6. The lowest BCUT2D eigenvalue weighted by molar-refractivity contribution is -0.149. The van der Waals surface area contributed by atoms with E-state index in [1.165, 1.54) is 12.1 Å². The van der Waals surface area contributed by atoms with Gasteiger partial charge in [0.25, 0.3) is 5.91 Å². The van der Waals surface area contributed by atoms with Gasteiger partial charge in [-0.25, -0.2) is 4.79 Å². The van der Waals surface area contributed by atoms with Crippen molar-refractivity contribution in [3.05, 3.63) is 57.0 Å². The number of aryl methyl sites for hydroxylation is 1. The molecule has 0 saturated carbocycles. The van der Waals surface area contributed by atoms with Crippen LogP contribution in [-0.2, 0) is 14.3 Å². The molecule has 0 heterocycles. The fourth-order valence-corrected chi connectivity index (χ4v) is 2.43. The van der Waals surface area contributed by atoms with Gasteiger partial charge in [0.1, 0.15) is 5.75 Å². The number of nitrogens with one attached hydrogen (secondary N) is 1. The quantitative estimate of drug-likeness (QED) is 0.570. The standard InChI is InChI=1S/C17H14Cl3NO4/c1-10-4-2-3-5-14(10)21-16(22)8-25-17(23)9-24-15-7-12(19)11(18)6-13(15)20/h2-7H,8-9H2,1H3,(H,21,22). The van der Waals surface area contributed by atoms with Crippen molar-refractivity contribution in [2.45, 2.75) is 6.92 Å². The molecule has 2 rings (SSSR count). The Balaban J connectivity index is 1.80. The van der Waals surface area contributed by atoms with Crippen molar-refractivity contribution in [3.8, 4) is 5.75 Å². The molecule has 2 aromatic carbocycles. The van der Waals surface area contributed by atoms with E-state index in [4.69, 9.17) is 44.3 Å². The highest BCUT2D eigenvalue weighted by Crippen LogP contribution is 2.33. The molecule has 0 aliphatic heterocycles. The van der Waals surface area contributed by atoms with E-state index in [0.29, 0.717) is 5.69 Å². The highest BCUT2D eigenvalue weighted by molar-refractivity contribution is 6.43. The molecular weight excluding hydrogens is 389 g/mol. The predicted octanol–water partition coefficient (Wildman–Crippen LogP) is 4.52. The topological polar surface area (TPSA) is 64.6 Å². The van der Waals surface area contributed by atoms with E-state index in [0.717, 1.165) is 5.56 Å². The van der Waals surface area contributed by atoms with Gasteiger partial charge in [-0.1, -0.05) is 53.0 Å². The van der Waals surface area contributed by atoms with Gasteiger partial charge < -0.3 is 14.8 Å². The summed E-state index contributed by atoms with van der Waals surface area (Å²) in [5.74, 6) is -0.977. The fourth-order valence-electron chi connectivity index (χ4n) is 1.84. The number of anilines is 1. The van der Waals surface area contributed by atoms with Gasteiger partial charge in [0.05, 0.1) is 15.1 Å². The Morgan fingerprint density at radius 3 is 2.40 bits per heavy atom. The van der Waals surface area contributed by atoms with Crippen molar-refractivity contribution in [1.82, 2.24) is 0 Å². The zero-order valence-corrected chi connectivity index (χ0v) is 15.4. The lowest BCUT2D eigenvalue weighted by Gasteiger charge is -2.10. The molecule has 0 radical (unpaired) electrons. The molecule has 1 N–H and O–H groups in total. The minimum absolute atomic E-state index is 0.192. The number of carbonyl (C=O) groups excluding carboxylic acids is 2.